The van der Waals surface area contributed by atoms with Gasteiger partial charge in [-0.2, -0.15) is 13.2 Å². The maximum atomic E-state index is 13.5. The zero-order valence-corrected chi connectivity index (χ0v) is 19.4. The Morgan fingerprint density at radius 1 is 1.00 bits per heavy atom. The highest BCUT2D eigenvalue weighted by molar-refractivity contribution is 6.02. The number of ether oxygens (including phenoxy) is 1. The molecular weight excluding hydrogens is 457 g/mol. The average Bonchev–Trinajstić information content (AvgIpc) is 2.85. The van der Waals surface area contributed by atoms with Crippen molar-refractivity contribution in [3.63, 3.8) is 0 Å². The molecule has 35 heavy (non-hydrogen) atoms. The Hall–Kier alpha value is -3.81. The number of alkyl halides is 3. The standard InChI is InChI=1S/C27H25F3N2O3/c1-26(25(34)31-16-18-9-13-22(35-2)14-10-18)15-20-5-3-4-6-23(20)24(33)32(26)17-19-7-11-21(12-8-19)27(28,29)30/h3-14H,15-17H2,1-2H3,(H,31,34). The first kappa shape index (κ1) is 24.3. The summed E-state index contributed by atoms with van der Waals surface area (Å²) in [7, 11) is 1.57. The van der Waals surface area contributed by atoms with Crippen LogP contribution in [0.4, 0.5) is 13.2 Å². The highest BCUT2D eigenvalue weighted by atomic mass is 19.4. The number of amides is 2. The lowest BCUT2D eigenvalue weighted by Gasteiger charge is -2.44. The van der Waals surface area contributed by atoms with E-state index in [4.69, 9.17) is 4.74 Å². The van der Waals surface area contributed by atoms with Crippen molar-refractivity contribution in [3.05, 3.63) is 101 Å². The summed E-state index contributed by atoms with van der Waals surface area (Å²) in [5, 5.41) is 2.92. The maximum Gasteiger partial charge on any atom is 0.416 e. The zero-order chi connectivity index (χ0) is 25.2. The molecule has 8 heteroatoms. The maximum absolute atomic E-state index is 13.5. The van der Waals surface area contributed by atoms with Crippen LogP contribution >= 0.6 is 0 Å². The van der Waals surface area contributed by atoms with Crippen molar-refractivity contribution < 1.29 is 27.5 Å². The predicted molar refractivity (Wildman–Crippen MR) is 125 cm³/mol. The van der Waals surface area contributed by atoms with Crippen molar-refractivity contribution in [1.82, 2.24) is 10.2 Å². The molecule has 0 spiro atoms. The van der Waals surface area contributed by atoms with E-state index in [1.54, 1.807) is 38.3 Å². The van der Waals surface area contributed by atoms with E-state index in [1.165, 1.54) is 17.0 Å². The minimum Gasteiger partial charge on any atom is -0.497 e. The number of benzene rings is 3. The van der Waals surface area contributed by atoms with Gasteiger partial charge >= 0.3 is 6.18 Å². The van der Waals surface area contributed by atoms with E-state index in [0.717, 1.165) is 23.3 Å². The average molecular weight is 483 g/mol. The Bertz CT molecular complexity index is 1220. The third-order valence-electron chi connectivity index (χ3n) is 6.35. The normalized spacial score (nSPS) is 17.6. The SMILES string of the molecule is COc1ccc(CNC(=O)C2(C)Cc3ccccc3C(=O)N2Cc2ccc(C(F)(F)F)cc2)cc1. The van der Waals surface area contributed by atoms with Crippen LogP contribution in [0.25, 0.3) is 0 Å². The molecule has 3 aromatic rings. The lowest BCUT2D eigenvalue weighted by atomic mass is 9.82. The molecule has 0 aromatic heterocycles. The van der Waals surface area contributed by atoms with Gasteiger partial charge in [0.1, 0.15) is 11.3 Å². The topological polar surface area (TPSA) is 58.6 Å². The summed E-state index contributed by atoms with van der Waals surface area (Å²) in [6, 6.07) is 19.0. The van der Waals surface area contributed by atoms with E-state index in [1.807, 2.05) is 24.3 Å². The van der Waals surface area contributed by atoms with Crippen LogP contribution in [0.1, 0.15) is 39.5 Å². The van der Waals surface area contributed by atoms with Crippen LogP contribution in [0.2, 0.25) is 0 Å². The Labute approximate surface area is 201 Å². The summed E-state index contributed by atoms with van der Waals surface area (Å²) in [5.74, 6) is 0.0150. The fourth-order valence-corrected chi connectivity index (χ4v) is 4.27. The quantitative estimate of drug-likeness (QED) is 0.539. The number of hydrogen-bond donors (Lipinski definition) is 1. The van der Waals surface area contributed by atoms with Crippen molar-refractivity contribution >= 4 is 11.8 Å². The van der Waals surface area contributed by atoms with Crippen molar-refractivity contribution in [2.75, 3.05) is 7.11 Å². The van der Waals surface area contributed by atoms with Crippen molar-refractivity contribution in [2.24, 2.45) is 0 Å². The van der Waals surface area contributed by atoms with Gasteiger partial charge in [0.05, 0.1) is 12.7 Å². The molecule has 3 aromatic carbocycles. The van der Waals surface area contributed by atoms with Gasteiger partial charge in [0.15, 0.2) is 0 Å². The highest BCUT2D eigenvalue weighted by Gasteiger charge is 2.46. The van der Waals surface area contributed by atoms with E-state index < -0.39 is 17.3 Å². The summed E-state index contributed by atoms with van der Waals surface area (Å²) in [5.41, 5.74) is 0.597. The van der Waals surface area contributed by atoms with Gasteiger partial charge in [-0.1, -0.05) is 42.5 Å². The summed E-state index contributed by atoms with van der Waals surface area (Å²) >= 11 is 0. The number of methoxy groups -OCH3 is 1. The second-order valence-corrected chi connectivity index (χ2v) is 8.72. The minimum absolute atomic E-state index is 0.00222. The molecule has 0 aliphatic carbocycles. The molecule has 1 N–H and O–H groups in total. The van der Waals surface area contributed by atoms with E-state index in [-0.39, 0.29) is 31.3 Å². The van der Waals surface area contributed by atoms with Crippen molar-refractivity contribution in [2.45, 2.75) is 38.1 Å². The molecular formula is C27H25F3N2O3. The van der Waals surface area contributed by atoms with E-state index in [0.29, 0.717) is 16.9 Å². The van der Waals surface area contributed by atoms with E-state index in [2.05, 4.69) is 5.32 Å². The first-order chi connectivity index (χ1) is 16.6. The van der Waals surface area contributed by atoms with Gasteiger partial charge in [-0.25, -0.2) is 0 Å². The summed E-state index contributed by atoms with van der Waals surface area (Å²) in [6.07, 6.45) is -4.17. The van der Waals surface area contributed by atoms with Crippen LogP contribution in [-0.2, 0) is 30.5 Å². The van der Waals surface area contributed by atoms with Crippen molar-refractivity contribution in [3.8, 4) is 5.75 Å². The first-order valence-electron chi connectivity index (χ1n) is 11.1. The summed E-state index contributed by atoms with van der Waals surface area (Å²) < 4.78 is 44.1. The number of hydrogen-bond acceptors (Lipinski definition) is 3. The Kier molecular flexibility index (Phi) is 6.56. The molecule has 0 saturated carbocycles. The number of rotatable bonds is 6. The lowest BCUT2D eigenvalue weighted by molar-refractivity contribution is -0.137. The molecule has 0 fully saturated rings. The fraction of sp³-hybridized carbons (Fsp3) is 0.259. The third kappa shape index (κ3) is 5.01. The smallest absolute Gasteiger partial charge is 0.416 e. The fourth-order valence-electron chi connectivity index (χ4n) is 4.27. The molecule has 0 saturated heterocycles. The molecule has 0 radical (unpaired) electrons. The number of nitrogens with zero attached hydrogens (tertiary/aromatic N) is 1. The van der Waals surface area contributed by atoms with Gasteiger partial charge in [0.25, 0.3) is 5.91 Å². The molecule has 182 valence electrons. The van der Waals surface area contributed by atoms with Crippen LogP contribution in [0.15, 0.2) is 72.8 Å². The van der Waals surface area contributed by atoms with Gasteiger partial charge < -0.3 is 15.0 Å². The summed E-state index contributed by atoms with van der Waals surface area (Å²) in [4.78, 5) is 28.4. The van der Waals surface area contributed by atoms with Crippen molar-refractivity contribution in [1.29, 1.82) is 0 Å². The van der Waals surface area contributed by atoms with Crippen LogP contribution in [0.3, 0.4) is 0 Å². The van der Waals surface area contributed by atoms with E-state index >= 15 is 0 Å². The second kappa shape index (κ2) is 9.44. The Morgan fingerprint density at radius 3 is 2.26 bits per heavy atom. The van der Waals surface area contributed by atoms with Crippen LogP contribution < -0.4 is 10.1 Å². The first-order valence-corrected chi connectivity index (χ1v) is 11.1. The number of nitrogens with one attached hydrogen (secondary N) is 1. The Balaban J connectivity index is 1.60. The predicted octanol–water partition coefficient (Wildman–Crippen LogP) is 4.99. The summed E-state index contributed by atoms with van der Waals surface area (Å²) in [6.45, 7) is 1.94. The highest BCUT2D eigenvalue weighted by Crippen LogP contribution is 2.34. The molecule has 0 bridgehead atoms. The molecule has 1 aliphatic heterocycles. The van der Waals surface area contributed by atoms with Gasteiger partial charge in [-0.15, -0.1) is 0 Å². The molecule has 4 rings (SSSR count). The minimum atomic E-state index is -4.45. The molecule has 1 heterocycles. The number of fused-ring (bicyclic) bond motifs is 1. The Morgan fingerprint density at radius 2 is 1.63 bits per heavy atom. The van der Waals surface area contributed by atoms with E-state index in [9.17, 15) is 22.8 Å². The number of halogens is 3. The largest absolute Gasteiger partial charge is 0.497 e. The van der Waals surface area contributed by atoms with Gasteiger partial charge in [0.2, 0.25) is 5.91 Å². The van der Waals surface area contributed by atoms with Gasteiger partial charge in [-0.05, 0) is 53.9 Å². The van der Waals surface area contributed by atoms with Crippen LogP contribution in [0.5, 0.6) is 5.75 Å². The molecule has 5 nitrogen and oxygen atoms in total. The molecule has 1 atom stereocenters. The number of carbonyl (C=O) groups excluding carboxylic acids is 2. The number of carbonyl (C=O) groups is 2. The van der Waals surface area contributed by atoms with Crippen LogP contribution in [0, 0.1) is 0 Å². The van der Waals surface area contributed by atoms with Gasteiger partial charge in [-0.3, -0.25) is 9.59 Å². The molecule has 1 aliphatic rings. The molecule has 1 unspecified atom stereocenters. The monoisotopic (exact) mass is 482 g/mol. The van der Waals surface area contributed by atoms with Gasteiger partial charge in [0, 0.05) is 25.1 Å². The molecule has 2 amide bonds. The van der Waals surface area contributed by atoms with Crippen LogP contribution in [-0.4, -0.2) is 29.4 Å². The lowest BCUT2D eigenvalue weighted by Crippen LogP contribution is -2.62. The third-order valence-corrected chi connectivity index (χ3v) is 6.35. The zero-order valence-electron chi connectivity index (χ0n) is 19.4. The second-order valence-electron chi connectivity index (χ2n) is 8.72.